The summed E-state index contributed by atoms with van der Waals surface area (Å²) in [5.74, 6) is 0.560. The molecule has 0 aliphatic carbocycles. The first-order chi connectivity index (χ1) is 3.91. The molecule has 0 unspecified atom stereocenters. The van der Waals surface area contributed by atoms with Gasteiger partial charge in [0.1, 0.15) is 0 Å². The van der Waals surface area contributed by atoms with Gasteiger partial charge in [-0.3, -0.25) is 0 Å². The number of hydrogen-bond donors (Lipinski definition) is 0. The fourth-order valence-electron chi connectivity index (χ4n) is 0.308. The minimum Gasteiger partial charge on any atom is -0.380 e. The highest BCUT2D eigenvalue weighted by atomic mass is 35.5. The van der Waals surface area contributed by atoms with Gasteiger partial charge in [-0.1, -0.05) is 12.7 Å². The van der Waals surface area contributed by atoms with E-state index in [4.69, 9.17) is 22.9 Å². The quantitative estimate of drug-likeness (QED) is 0.409. The van der Waals surface area contributed by atoms with Crippen LogP contribution in [0.3, 0.4) is 0 Å². The van der Waals surface area contributed by atoms with E-state index in [-0.39, 0.29) is 0 Å². The topological polar surface area (TPSA) is 9.23 Å². The summed E-state index contributed by atoms with van der Waals surface area (Å²) in [6, 6.07) is 0. The summed E-state index contributed by atoms with van der Waals surface area (Å²) in [4.78, 5) is 0. The Bertz CT molecular complexity index is 54.5. The number of rotatable bonds is 5. The second-order valence-corrected chi connectivity index (χ2v) is 1.70. The first-order valence-electron chi connectivity index (χ1n) is 2.59. The fourth-order valence-corrected chi connectivity index (χ4v) is 0.417. The third-order valence-electron chi connectivity index (χ3n) is 0.650. The number of ether oxygens (including phenoxy) is 1. The molecule has 0 saturated heterocycles. The molecule has 0 aliphatic rings. The fraction of sp³-hybridized carbons (Fsp3) is 0.667. The van der Waals surface area contributed by atoms with Crippen molar-refractivity contribution in [2.45, 2.75) is 6.42 Å². The Kier molecular flexibility index (Phi) is 6.98. The van der Waals surface area contributed by atoms with Gasteiger partial charge in [0.05, 0.1) is 13.2 Å². The lowest BCUT2D eigenvalue weighted by Crippen LogP contribution is -1.95. The predicted molar refractivity (Wildman–Crippen MR) is 35.0 cm³/mol. The summed E-state index contributed by atoms with van der Waals surface area (Å²) in [7, 11) is 0. The maximum absolute atomic E-state index is 5.31. The third-order valence-corrected chi connectivity index (χ3v) is 0.805. The SMILES string of the molecule is [CH]=CCCOCCCl. The van der Waals surface area contributed by atoms with Crippen molar-refractivity contribution in [3.63, 3.8) is 0 Å². The zero-order valence-electron chi connectivity index (χ0n) is 4.77. The predicted octanol–water partition coefficient (Wildman–Crippen LogP) is 1.62. The van der Waals surface area contributed by atoms with Crippen LogP contribution in [0.4, 0.5) is 0 Å². The van der Waals surface area contributed by atoms with Gasteiger partial charge in [-0.05, 0) is 6.42 Å². The lowest BCUT2D eigenvalue weighted by Gasteiger charge is -1.95. The van der Waals surface area contributed by atoms with E-state index in [2.05, 4.69) is 0 Å². The summed E-state index contributed by atoms with van der Waals surface area (Å²) in [5, 5.41) is 0. The molecule has 1 radical (unpaired) electrons. The first kappa shape index (κ1) is 7.99. The van der Waals surface area contributed by atoms with Crippen LogP contribution in [-0.2, 0) is 4.74 Å². The van der Waals surface area contributed by atoms with E-state index in [1.807, 2.05) is 0 Å². The van der Waals surface area contributed by atoms with Crippen LogP contribution in [0.25, 0.3) is 0 Å². The smallest absolute Gasteiger partial charge is 0.0601 e. The van der Waals surface area contributed by atoms with Gasteiger partial charge in [-0.25, -0.2) is 0 Å². The summed E-state index contributed by atoms with van der Waals surface area (Å²) < 4.78 is 4.98. The molecule has 0 saturated carbocycles. The Labute approximate surface area is 55.3 Å². The van der Waals surface area contributed by atoms with Crippen molar-refractivity contribution in [2.75, 3.05) is 19.1 Å². The van der Waals surface area contributed by atoms with Gasteiger partial charge < -0.3 is 4.74 Å². The number of halogens is 1. The van der Waals surface area contributed by atoms with E-state index >= 15 is 0 Å². The van der Waals surface area contributed by atoms with Crippen LogP contribution in [0.2, 0.25) is 0 Å². The van der Waals surface area contributed by atoms with Crippen LogP contribution in [0, 0.1) is 6.58 Å². The lowest BCUT2D eigenvalue weighted by molar-refractivity contribution is 0.154. The molecule has 0 aliphatic heterocycles. The third kappa shape index (κ3) is 5.99. The first-order valence-corrected chi connectivity index (χ1v) is 3.12. The van der Waals surface area contributed by atoms with Gasteiger partial charge >= 0.3 is 0 Å². The second kappa shape index (κ2) is 6.99. The normalized spacial score (nSPS) is 9.12. The molecule has 0 aromatic carbocycles. The average Bonchev–Trinajstić information content (AvgIpc) is 1.81. The summed E-state index contributed by atoms with van der Waals surface area (Å²) in [6.45, 7) is 6.38. The van der Waals surface area contributed by atoms with Crippen LogP contribution in [0.15, 0.2) is 6.08 Å². The van der Waals surface area contributed by atoms with E-state index in [0.29, 0.717) is 19.1 Å². The lowest BCUT2D eigenvalue weighted by atomic mass is 10.5. The van der Waals surface area contributed by atoms with Crippen molar-refractivity contribution in [1.82, 2.24) is 0 Å². The monoisotopic (exact) mass is 133 g/mol. The van der Waals surface area contributed by atoms with Gasteiger partial charge in [0, 0.05) is 5.88 Å². The molecule has 0 aromatic rings. The highest BCUT2D eigenvalue weighted by molar-refractivity contribution is 6.17. The van der Waals surface area contributed by atoms with Crippen molar-refractivity contribution in [3.05, 3.63) is 12.7 Å². The number of hydrogen-bond acceptors (Lipinski definition) is 1. The Morgan fingerprint density at radius 2 is 2.25 bits per heavy atom. The summed E-state index contributed by atoms with van der Waals surface area (Å²) in [5.41, 5.74) is 0. The van der Waals surface area contributed by atoms with Crippen LogP contribution >= 0.6 is 11.6 Å². The highest BCUT2D eigenvalue weighted by Gasteiger charge is 1.80. The molecule has 47 valence electrons. The Balaban J connectivity index is 2.62. The van der Waals surface area contributed by atoms with Gasteiger partial charge in [-0.15, -0.1) is 11.6 Å². The molecule has 0 amide bonds. The molecule has 0 bridgehead atoms. The van der Waals surface area contributed by atoms with E-state index in [1.54, 1.807) is 6.08 Å². The second-order valence-electron chi connectivity index (χ2n) is 1.33. The molecular weight excluding hydrogens is 124 g/mol. The van der Waals surface area contributed by atoms with Crippen LogP contribution in [-0.4, -0.2) is 19.1 Å². The molecule has 0 heterocycles. The molecule has 0 rings (SSSR count). The van der Waals surface area contributed by atoms with Crippen molar-refractivity contribution >= 4 is 11.6 Å². The van der Waals surface area contributed by atoms with Crippen molar-refractivity contribution in [2.24, 2.45) is 0 Å². The van der Waals surface area contributed by atoms with E-state index in [1.165, 1.54) is 0 Å². The van der Waals surface area contributed by atoms with Gasteiger partial charge in [0.25, 0.3) is 0 Å². The summed E-state index contributed by atoms with van der Waals surface area (Å²) >= 11 is 5.31. The number of alkyl halides is 1. The zero-order valence-corrected chi connectivity index (χ0v) is 5.53. The Morgan fingerprint density at radius 3 is 2.75 bits per heavy atom. The maximum Gasteiger partial charge on any atom is 0.0601 e. The molecule has 2 heteroatoms. The van der Waals surface area contributed by atoms with Crippen molar-refractivity contribution in [1.29, 1.82) is 0 Å². The molecule has 0 spiro atoms. The Morgan fingerprint density at radius 1 is 1.50 bits per heavy atom. The minimum atomic E-state index is 0.560. The largest absolute Gasteiger partial charge is 0.380 e. The van der Waals surface area contributed by atoms with Gasteiger partial charge in [0.15, 0.2) is 0 Å². The molecule has 0 fully saturated rings. The van der Waals surface area contributed by atoms with E-state index in [0.717, 1.165) is 6.42 Å². The molecular formula is C6H10ClO. The van der Waals surface area contributed by atoms with Crippen molar-refractivity contribution < 1.29 is 4.74 Å². The van der Waals surface area contributed by atoms with Crippen LogP contribution in [0.5, 0.6) is 0 Å². The zero-order chi connectivity index (χ0) is 6.24. The van der Waals surface area contributed by atoms with Crippen LogP contribution in [0.1, 0.15) is 6.42 Å². The standard InChI is InChI=1S/C6H10ClO/c1-2-3-5-8-6-4-7/h1-2H,3-6H2. The maximum atomic E-state index is 5.31. The van der Waals surface area contributed by atoms with Gasteiger partial charge in [0.2, 0.25) is 0 Å². The van der Waals surface area contributed by atoms with Crippen molar-refractivity contribution in [3.8, 4) is 0 Å². The Hall–Kier alpha value is -0.0100. The van der Waals surface area contributed by atoms with E-state index < -0.39 is 0 Å². The molecule has 0 atom stereocenters. The van der Waals surface area contributed by atoms with E-state index in [9.17, 15) is 0 Å². The highest BCUT2D eigenvalue weighted by Crippen LogP contribution is 1.83. The molecule has 0 N–H and O–H groups in total. The molecule has 8 heavy (non-hydrogen) atoms. The average molecular weight is 134 g/mol. The summed E-state index contributed by atoms with van der Waals surface area (Å²) in [6.07, 6.45) is 2.38. The van der Waals surface area contributed by atoms with Crippen LogP contribution < -0.4 is 0 Å². The molecule has 0 aromatic heterocycles. The van der Waals surface area contributed by atoms with Gasteiger partial charge in [-0.2, -0.15) is 0 Å². The minimum absolute atomic E-state index is 0.560. The molecule has 1 nitrogen and oxygen atoms in total.